The summed E-state index contributed by atoms with van der Waals surface area (Å²) >= 11 is 0. The average molecular weight is 298 g/mol. The smallest absolute Gasteiger partial charge is 0.325 e. The Morgan fingerprint density at radius 1 is 1.00 bits per heavy atom. The third kappa shape index (κ3) is 2.16. The lowest BCUT2D eigenvalue weighted by molar-refractivity contribution is 0.612. The lowest BCUT2D eigenvalue weighted by Gasteiger charge is -2.11. The van der Waals surface area contributed by atoms with Gasteiger partial charge in [-0.1, -0.05) is 30.3 Å². The molecule has 114 valence electrons. The van der Waals surface area contributed by atoms with Gasteiger partial charge in [-0.3, -0.25) is 13.9 Å². The summed E-state index contributed by atoms with van der Waals surface area (Å²) in [7, 11) is 0. The Bertz CT molecular complexity index is 919. The zero-order chi connectivity index (χ0) is 15.7. The zero-order valence-corrected chi connectivity index (χ0v) is 12.7. The molecular formula is C16H18N4O2. The molecule has 22 heavy (non-hydrogen) atoms. The Labute approximate surface area is 127 Å². The standard InChI is InChI=1S/C16H18N4O2/c1-3-18-11-17-14-13(18)15(21)19(4-2)16(22)20(14)10-12-8-6-5-7-9-12/h5-9,11H,3-4,10H2,1-2H3. The lowest BCUT2D eigenvalue weighted by Crippen LogP contribution is -2.40. The molecule has 0 aliphatic rings. The van der Waals surface area contributed by atoms with Gasteiger partial charge in [-0.25, -0.2) is 9.78 Å². The first-order valence-corrected chi connectivity index (χ1v) is 7.39. The number of hydrogen-bond acceptors (Lipinski definition) is 3. The fraction of sp³-hybridized carbons (Fsp3) is 0.312. The number of rotatable bonds is 4. The van der Waals surface area contributed by atoms with Crippen LogP contribution in [-0.4, -0.2) is 18.7 Å². The van der Waals surface area contributed by atoms with Crippen LogP contribution in [0.3, 0.4) is 0 Å². The van der Waals surface area contributed by atoms with Gasteiger partial charge in [0, 0.05) is 13.1 Å². The predicted octanol–water partition coefficient (Wildman–Crippen LogP) is 1.45. The van der Waals surface area contributed by atoms with Crippen LogP contribution in [0.5, 0.6) is 0 Å². The molecule has 3 aromatic rings. The number of nitrogens with zero attached hydrogens (tertiary/aromatic N) is 4. The van der Waals surface area contributed by atoms with Crippen LogP contribution in [-0.2, 0) is 19.6 Å². The van der Waals surface area contributed by atoms with Crippen LogP contribution >= 0.6 is 0 Å². The molecular weight excluding hydrogens is 280 g/mol. The maximum absolute atomic E-state index is 12.6. The van der Waals surface area contributed by atoms with Crippen LogP contribution in [0.15, 0.2) is 46.2 Å². The fourth-order valence-electron chi connectivity index (χ4n) is 2.67. The minimum absolute atomic E-state index is 0.272. The topological polar surface area (TPSA) is 61.8 Å². The highest BCUT2D eigenvalue weighted by molar-refractivity contribution is 5.70. The highest BCUT2D eigenvalue weighted by Gasteiger charge is 2.16. The molecule has 3 rings (SSSR count). The summed E-state index contributed by atoms with van der Waals surface area (Å²) in [5.41, 5.74) is 1.35. The highest BCUT2D eigenvalue weighted by atomic mass is 16.2. The van der Waals surface area contributed by atoms with Crippen LogP contribution in [0, 0.1) is 0 Å². The van der Waals surface area contributed by atoms with E-state index in [1.165, 1.54) is 4.57 Å². The normalized spacial score (nSPS) is 11.2. The fourth-order valence-corrected chi connectivity index (χ4v) is 2.67. The number of aryl methyl sites for hydroxylation is 1. The Morgan fingerprint density at radius 2 is 1.73 bits per heavy atom. The van der Waals surface area contributed by atoms with Gasteiger partial charge in [0.1, 0.15) is 0 Å². The van der Waals surface area contributed by atoms with Crippen molar-refractivity contribution < 1.29 is 0 Å². The molecule has 0 saturated carbocycles. The van der Waals surface area contributed by atoms with E-state index >= 15 is 0 Å². The second-order valence-corrected chi connectivity index (χ2v) is 5.11. The van der Waals surface area contributed by atoms with Crippen LogP contribution in [0.1, 0.15) is 19.4 Å². The molecule has 6 heteroatoms. The van der Waals surface area contributed by atoms with Crippen molar-refractivity contribution in [2.45, 2.75) is 33.5 Å². The van der Waals surface area contributed by atoms with E-state index in [4.69, 9.17) is 0 Å². The maximum Gasteiger partial charge on any atom is 0.333 e. The van der Waals surface area contributed by atoms with Crippen LogP contribution < -0.4 is 11.2 Å². The minimum atomic E-state index is -0.315. The molecule has 0 aliphatic carbocycles. The summed E-state index contributed by atoms with van der Waals surface area (Å²) in [6.45, 7) is 5.13. The molecule has 0 fully saturated rings. The minimum Gasteiger partial charge on any atom is -0.325 e. The largest absolute Gasteiger partial charge is 0.333 e. The SMILES string of the molecule is CCn1c(=O)c2c(ncn2CC)n(Cc2ccccc2)c1=O. The summed E-state index contributed by atoms with van der Waals surface area (Å²) in [5, 5.41) is 0. The van der Waals surface area contributed by atoms with E-state index in [0.717, 1.165) is 5.56 Å². The third-order valence-corrected chi connectivity index (χ3v) is 3.82. The molecule has 0 N–H and O–H groups in total. The van der Waals surface area contributed by atoms with Crippen molar-refractivity contribution in [3.8, 4) is 0 Å². The summed E-state index contributed by atoms with van der Waals surface area (Å²) in [6.07, 6.45) is 1.62. The Kier molecular flexibility index (Phi) is 3.66. The van der Waals surface area contributed by atoms with Crippen molar-refractivity contribution in [1.82, 2.24) is 18.7 Å². The summed E-state index contributed by atoms with van der Waals surface area (Å²) < 4.78 is 4.62. The van der Waals surface area contributed by atoms with Gasteiger partial charge in [-0.15, -0.1) is 0 Å². The van der Waals surface area contributed by atoms with Crippen molar-refractivity contribution >= 4 is 11.2 Å². The molecule has 0 unspecified atom stereocenters. The lowest BCUT2D eigenvalue weighted by atomic mass is 10.2. The van der Waals surface area contributed by atoms with Crippen molar-refractivity contribution in [2.75, 3.05) is 0 Å². The quantitative estimate of drug-likeness (QED) is 0.732. The summed E-state index contributed by atoms with van der Waals surface area (Å²) in [5.74, 6) is 0. The number of fused-ring (bicyclic) bond motifs is 1. The Morgan fingerprint density at radius 3 is 2.36 bits per heavy atom. The van der Waals surface area contributed by atoms with Gasteiger partial charge in [0.2, 0.25) is 0 Å². The van der Waals surface area contributed by atoms with E-state index in [2.05, 4.69) is 4.98 Å². The Balaban J connectivity index is 2.31. The molecule has 2 heterocycles. The van der Waals surface area contributed by atoms with Crippen molar-refractivity contribution in [1.29, 1.82) is 0 Å². The first-order chi connectivity index (χ1) is 10.7. The third-order valence-electron chi connectivity index (χ3n) is 3.82. The molecule has 0 aliphatic heterocycles. The highest BCUT2D eigenvalue weighted by Crippen LogP contribution is 2.09. The van der Waals surface area contributed by atoms with E-state index in [0.29, 0.717) is 30.8 Å². The molecule has 0 amide bonds. The Hall–Kier alpha value is -2.63. The molecule has 0 spiro atoms. The van der Waals surface area contributed by atoms with Crippen LogP contribution in [0.25, 0.3) is 11.2 Å². The van der Waals surface area contributed by atoms with Crippen molar-refractivity contribution in [2.24, 2.45) is 0 Å². The van der Waals surface area contributed by atoms with E-state index in [9.17, 15) is 9.59 Å². The summed E-state index contributed by atoms with van der Waals surface area (Å²) in [6, 6.07) is 9.70. The van der Waals surface area contributed by atoms with E-state index in [1.807, 2.05) is 37.3 Å². The summed E-state index contributed by atoms with van der Waals surface area (Å²) in [4.78, 5) is 29.4. The molecule has 0 radical (unpaired) electrons. The van der Waals surface area contributed by atoms with Crippen LogP contribution in [0.4, 0.5) is 0 Å². The monoisotopic (exact) mass is 298 g/mol. The van der Waals surface area contributed by atoms with E-state index in [-0.39, 0.29) is 11.2 Å². The second kappa shape index (κ2) is 5.63. The van der Waals surface area contributed by atoms with Gasteiger partial charge in [0.25, 0.3) is 5.56 Å². The number of benzene rings is 1. The van der Waals surface area contributed by atoms with Crippen molar-refractivity contribution in [3.05, 3.63) is 63.1 Å². The van der Waals surface area contributed by atoms with E-state index < -0.39 is 0 Å². The van der Waals surface area contributed by atoms with Gasteiger partial charge < -0.3 is 4.57 Å². The van der Waals surface area contributed by atoms with Gasteiger partial charge in [0.05, 0.1) is 12.9 Å². The number of aromatic nitrogens is 4. The van der Waals surface area contributed by atoms with Gasteiger partial charge in [-0.05, 0) is 19.4 Å². The average Bonchev–Trinajstić information content (AvgIpc) is 2.97. The van der Waals surface area contributed by atoms with Crippen LogP contribution in [0.2, 0.25) is 0 Å². The van der Waals surface area contributed by atoms with Crippen molar-refractivity contribution in [3.63, 3.8) is 0 Å². The van der Waals surface area contributed by atoms with Gasteiger partial charge >= 0.3 is 5.69 Å². The number of hydrogen-bond donors (Lipinski definition) is 0. The second-order valence-electron chi connectivity index (χ2n) is 5.11. The first-order valence-electron chi connectivity index (χ1n) is 7.39. The maximum atomic E-state index is 12.6. The molecule has 2 aromatic heterocycles. The molecule has 0 bridgehead atoms. The molecule has 6 nitrogen and oxygen atoms in total. The van der Waals surface area contributed by atoms with E-state index in [1.54, 1.807) is 22.4 Å². The predicted molar refractivity (Wildman–Crippen MR) is 85.1 cm³/mol. The molecule has 0 saturated heterocycles. The van der Waals surface area contributed by atoms with Gasteiger partial charge in [0.15, 0.2) is 11.2 Å². The van der Waals surface area contributed by atoms with Gasteiger partial charge in [-0.2, -0.15) is 0 Å². The zero-order valence-electron chi connectivity index (χ0n) is 12.7. The molecule has 0 atom stereocenters. The number of imidazole rings is 1. The first kappa shape index (κ1) is 14.3. The molecule has 1 aromatic carbocycles.